The van der Waals surface area contributed by atoms with Crippen molar-refractivity contribution in [1.82, 2.24) is 5.32 Å². The lowest BCUT2D eigenvalue weighted by Crippen LogP contribution is -2.50. The SMILES string of the molecule is CC(C)[C@@](C)(C#N)NC(=O)COC(=O)c1ccccc1SC[C@@H]1CCCO1. The summed E-state index contributed by atoms with van der Waals surface area (Å²) in [5.74, 6) is -0.342. The summed E-state index contributed by atoms with van der Waals surface area (Å²) in [4.78, 5) is 25.3. The number of benzene rings is 1. The molecular formula is C20H26N2O4S. The van der Waals surface area contributed by atoms with Gasteiger partial charge in [0.2, 0.25) is 0 Å². The highest BCUT2D eigenvalue weighted by Gasteiger charge is 2.30. The molecule has 0 aliphatic carbocycles. The zero-order chi connectivity index (χ0) is 19.9. The second kappa shape index (κ2) is 9.77. The molecule has 27 heavy (non-hydrogen) atoms. The van der Waals surface area contributed by atoms with E-state index in [0.717, 1.165) is 30.1 Å². The first-order valence-corrected chi connectivity index (χ1v) is 10.1. The number of rotatable bonds is 8. The zero-order valence-corrected chi connectivity index (χ0v) is 16.8. The summed E-state index contributed by atoms with van der Waals surface area (Å²) in [5.41, 5.74) is -0.571. The van der Waals surface area contributed by atoms with Crippen LogP contribution in [0.25, 0.3) is 0 Å². The molecule has 0 bridgehead atoms. The molecule has 1 heterocycles. The molecule has 0 saturated carbocycles. The maximum absolute atomic E-state index is 12.4. The summed E-state index contributed by atoms with van der Waals surface area (Å²) in [5, 5.41) is 11.9. The van der Waals surface area contributed by atoms with Crippen LogP contribution in [-0.2, 0) is 14.3 Å². The molecule has 0 unspecified atom stereocenters. The molecule has 0 radical (unpaired) electrons. The van der Waals surface area contributed by atoms with E-state index in [1.165, 1.54) is 0 Å². The topological polar surface area (TPSA) is 88.4 Å². The highest BCUT2D eigenvalue weighted by molar-refractivity contribution is 7.99. The molecule has 1 amide bonds. The third-order valence-electron chi connectivity index (χ3n) is 4.68. The van der Waals surface area contributed by atoms with Crippen LogP contribution in [0.2, 0.25) is 0 Å². The molecule has 6 nitrogen and oxygen atoms in total. The van der Waals surface area contributed by atoms with Crippen molar-refractivity contribution in [3.8, 4) is 6.07 Å². The van der Waals surface area contributed by atoms with Crippen molar-refractivity contribution < 1.29 is 19.1 Å². The lowest BCUT2D eigenvalue weighted by Gasteiger charge is -2.27. The number of hydrogen-bond acceptors (Lipinski definition) is 6. The van der Waals surface area contributed by atoms with Gasteiger partial charge in [0.15, 0.2) is 6.61 Å². The fraction of sp³-hybridized carbons (Fsp3) is 0.550. The summed E-state index contributed by atoms with van der Waals surface area (Å²) in [7, 11) is 0. The van der Waals surface area contributed by atoms with Crippen molar-refractivity contribution in [1.29, 1.82) is 5.26 Å². The predicted octanol–water partition coefficient (Wildman–Crippen LogP) is 3.17. The quantitative estimate of drug-likeness (QED) is 0.542. The fourth-order valence-electron chi connectivity index (χ4n) is 2.56. The van der Waals surface area contributed by atoms with Crippen molar-refractivity contribution in [2.45, 2.75) is 50.2 Å². The van der Waals surface area contributed by atoms with Crippen LogP contribution in [0.1, 0.15) is 44.0 Å². The number of nitrogens with one attached hydrogen (secondary N) is 1. The third-order valence-corrected chi connectivity index (χ3v) is 5.88. The highest BCUT2D eigenvalue weighted by Crippen LogP contribution is 2.27. The average Bonchev–Trinajstić information content (AvgIpc) is 3.18. The number of hydrogen-bond donors (Lipinski definition) is 1. The number of esters is 1. The monoisotopic (exact) mass is 390 g/mol. The van der Waals surface area contributed by atoms with Gasteiger partial charge < -0.3 is 14.8 Å². The van der Waals surface area contributed by atoms with Gasteiger partial charge in [-0.05, 0) is 37.8 Å². The second-order valence-electron chi connectivity index (χ2n) is 7.04. The predicted molar refractivity (Wildman–Crippen MR) is 103 cm³/mol. The number of nitriles is 1. The number of carbonyl (C=O) groups is 2. The molecule has 1 saturated heterocycles. The molecule has 1 aliphatic rings. The molecule has 1 aromatic carbocycles. The lowest BCUT2D eigenvalue weighted by atomic mass is 9.90. The van der Waals surface area contributed by atoms with E-state index in [9.17, 15) is 14.9 Å². The molecular weight excluding hydrogens is 364 g/mol. The molecule has 2 atom stereocenters. The Balaban J connectivity index is 1.92. The van der Waals surface area contributed by atoms with Gasteiger partial charge in [-0.2, -0.15) is 5.26 Å². The van der Waals surface area contributed by atoms with Gasteiger partial charge in [0.25, 0.3) is 5.91 Å². The van der Waals surface area contributed by atoms with Crippen LogP contribution in [0.15, 0.2) is 29.2 Å². The molecule has 1 aromatic rings. The van der Waals surface area contributed by atoms with E-state index in [1.807, 2.05) is 26.0 Å². The second-order valence-corrected chi connectivity index (χ2v) is 8.10. The van der Waals surface area contributed by atoms with Crippen molar-refractivity contribution >= 4 is 23.6 Å². The smallest absolute Gasteiger partial charge is 0.339 e. The Labute approximate surface area is 164 Å². The minimum Gasteiger partial charge on any atom is -0.452 e. The summed E-state index contributed by atoms with van der Waals surface area (Å²) < 4.78 is 10.8. The Kier molecular flexibility index (Phi) is 7.69. The van der Waals surface area contributed by atoms with Crippen LogP contribution in [0.5, 0.6) is 0 Å². The lowest BCUT2D eigenvalue weighted by molar-refractivity contribution is -0.125. The summed E-state index contributed by atoms with van der Waals surface area (Å²) in [6, 6.07) is 9.27. The van der Waals surface area contributed by atoms with Crippen LogP contribution in [-0.4, -0.2) is 42.5 Å². The van der Waals surface area contributed by atoms with Crippen molar-refractivity contribution in [2.75, 3.05) is 19.0 Å². The van der Waals surface area contributed by atoms with Crippen molar-refractivity contribution in [2.24, 2.45) is 5.92 Å². The first kappa shape index (κ1) is 21.3. The maximum Gasteiger partial charge on any atom is 0.339 e. The molecule has 1 N–H and O–H groups in total. The van der Waals surface area contributed by atoms with E-state index < -0.39 is 24.0 Å². The minimum atomic E-state index is -1.00. The first-order chi connectivity index (χ1) is 12.9. The average molecular weight is 391 g/mol. The number of ether oxygens (including phenoxy) is 2. The number of carbonyl (C=O) groups excluding carboxylic acids is 2. The summed E-state index contributed by atoms with van der Waals surface area (Å²) >= 11 is 1.55. The van der Waals surface area contributed by atoms with Gasteiger partial charge in [0.05, 0.1) is 17.7 Å². The molecule has 0 aromatic heterocycles. The van der Waals surface area contributed by atoms with Crippen LogP contribution in [0.3, 0.4) is 0 Å². The Morgan fingerprint density at radius 2 is 2.19 bits per heavy atom. The maximum atomic E-state index is 12.4. The number of amides is 1. The first-order valence-electron chi connectivity index (χ1n) is 9.08. The fourth-order valence-corrected chi connectivity index (χ4v) is 3.67. The van der Waals surface area contributed by atoms with Gasteiger partial charge in [0.1, 0.15) is 5.54 Å². The van der Waals surface area contributed by atoms with Gasteiger partial charge in [-0.15, -0.1) is 11.8 Å². The molecule has 7 heteroatoms. The van der Waals surface area contributed by atoms with Gasteiger partial charge in [-0.3, -0.25) is 4.79 Å². The van der Waals surface area contributed by atoms with E-state index >= 15 is 0 Å². The Morgan fingerprint density at radius 3 is 2.81 bits per heavy atom. The van der Waals surface area contributed by atoms with E-state index in [1.54, 1.807) is 30.8 Å². The molecule has 146 valence electrons. The summed E-state index contributed by atoms with van der Waals surface area (Å²) in [6.45, 7) is 5.71. The van der Waals surface area contributed by atoms with Gasteiger partial charge in [-0.25, -0.2) is 4.79 Å². The normalized spacial score (nSPS) is 18.6. The van der Waals surface area contributed by atoms with Crippen LogP contribution in [0, 0.1) is 17.2 Å². The van der Waals surface area contributed by atoms with Crippen LogP contribution >= 0.6 is 11.8 Å². The highest BCUT2D eigenvalue weighted by atomic mass is 32.2. The standard InChI is InChI=1S/C20H26N2O4S/c1-14(2)20(3,13-21)22-18(23)11-26-19(24)16-8-4-5-9-17(16)27-12-15-7-6-10-25-15/h4-5,8-9,14-15H,6-7,10-12H2,1-3H3,(H,22,23)/t15-,20+/m0/s1. The minimum absolute atomic E-state index is 0.0721. The Bertz CT molecular complexity index is 710. The van der Waals surface area contributed by atoms with E-state index in [-0.39, 0.29) is 12.0 Å². The number of nitrogens with zero attached hydrogens (tertiary/aromatic N) is 1. The van der Waals surface area contributed by atoms with Crippen molar-refractivity contribution in [3.05, 3.63) is 29.8 Å². The van der Waals surface area contributed by atoms with Crippen molar-refractivity contribution in [3.63, 3.8) is 0 Å². The van der Waals surface area contributed by atoms with E-state index in [4.69, 9.17) is 9.47 Å². The Morgan fingerprint density at radius 1 is 1.44 bits per heavy atom. The van der Waals surface area contributed by atoms with E-state index in [0.29, 0.717) is 5.56 Å². The van der Waals surface area contributed by atoms with E-state index in [2.05, 4.69) is 11.4 Å². The molecule has 0 spiro atoms. The molecule has 1 aliphatic heterocycles. The van der Waals surface area contributed by atoms with Crippen LogP contribution < -0.4 is 5.32 Å². The van der Waals surface area contributed by atoms with Crippen LogP contribution in [0.4, 0.5) is 0 Å². The van der Waals surface area contributed by atoms with Gasteiger partial charge >= 0.3 is 5.97 Å². The zero-order valence-electron chi connectivity index (χ0n) is 16.0. The molecule has 2 rings (SSSR count). The Hall–Kier alpha value is -2.04. The summed E-state index contributed by atoms with van der Waals surface area (Å²) in [6.07, 6.45) is 2.32. The van der Waals surface area contributed by atoms with Gasteiger partial charge in [0, 0.05) is 17.3 Å². The largest absolute Gasteiger partial charge is 0.452 e. The van der Waals surface area contributed by atoms with Gasteiger partial charge in [-0.1, -0.05) is 26.0 Å². The number of thioether (sulfide) groups is 1. The third kappa shape index (κ3) is 5.98. The molecule has 1 fully saturated rings.